The number of hydrogen-bond donors (Lipinski definition) is 1. The zero-order valence-electron chi connectivity index (χ0n) is 17.4. The molecule has 0 spiro atoms. The van der Waals surface area contributed by atoms with Crippen LogP contribution in [0.4, 0.5) is 0 Å². The summed E-state index contributed by atoms with van der Waals surface area (Å²) in [4.78, 5) is 23.0. The van der Waals surface area contributed by atoms with E-state index in [1.165, 1.54) is 5.56 Å². The van der Waals surface area contributed by atoms with Crippen LogP contribution in [0.3, 0.4) is 0 Å². The summed E-state index contributed by atoms with van der Waals surface area (Å²) >= 11 is 0. The van der Waals surface area contributed by atoms with Crippen LogP contribution in [0.25, 0.3) is 0 Å². The molecule has 0 bridgehead atoms. The number of aromatic amines is 1. The second-order valence-electron chi connectivity index (χ2n) is 8.28. The molecule has 3 aromatic rings. The van der Waals surface area contributed by atoms with E-state index in [1.807, 2.05) is 29.2 Å². The fraction of sp³-hybridized carbons (Fsp3) is 0.360. The van der Waals surface area contributed by atoms with Crippen molar-refractivity contribution in [2.75, 3.05) is 6.61 Å². The Labute approximate surface area is 182 Å². The summed E-state index contributed by atoms with van der Waals surface area (Å²) in [5.74, 6) is 2.62. The molecule has 1 aliphatic heterocycles. The quantitative estimate of drug-likeness (QED) is 0.672. The van der Waals surface area contributed by atoms with Gasteiger partial charge in [-0.2, -0.15) is 0 Å². The van der Waals surface area contributed by atoms with Gasteiger partial charge in [0, 0.05) is 18.4 Å². The maximum absolute atomic E-state index is 13.6. The van der Waals surface area contributed by atoms with Gasteiger partial charge in [0.2, 0.25) is 6.10 Å². The molecule has 1 atom stereocenters. The number of carbonyl (C=O) groups excluding carboxylic acids is 1. The van der Waals surface area contributed by atoms with Gasteiger partial charge in [-0.3, -0.25) is 4.79 Å². The fourth-order valence-corrected chi connectivity index (χ4v) is 4.70. The highest BCUT2D eigenvalue weighted by atomic mass is 16.6. The van der Waals surface area contributed by atoms with Crippen LogP contribution in [0.1, 0.15) is 43.0 Å². The minimum Gasteiger partial charge on any atom is -0.485 e. The fourth-order valence-electron chi connectivity index (χ4n) is 4.70. The van der Waals surface area contributed by atoms with Gasteiger partial charge in [-0.1, -0.05) is 42.5 Å². The van der Waals surface area contributed by atoms with Crippen LogP contribution in [-0.2, 0) is 11.3 Å². The molecular formula is C25H27N3O3. The van der Waals surface area contributed by atoms with E-state index in [2.05, 4.69) is 40.3 Å². The lowest BCUT2D eigenvalue weighted by Gasteiger charge is -2.39. The zero-order chi connectivity index (χ0) is 21.0. The molecule has 160 valence electrons. The topological polar surface area (TPSA) is 67.5 Å². The SMILES string of the molecule is O=C([C@H]1COc2ccccc2O1)N(Cc1ncc[nH]1)C1CCC(c2ccccc2)CC1. The van der Waals surface area contributed by atoms with Gasteiger partial charge in [0.1, 0.15) is 12.4 Å². The molecule has 6 heteroatoms. The summed E-state index contributed by atoms with van der Waals surface area (Å²) in [7, 11) is 0. The van der Waals surface area contributed by atoms with E-state index in [1.54, 1.807) is 12.4 Å². The van der Waals surface area contributed by atoms with E-state index in [4.69, 9.17) is 9.47 Å². The number of carbonyl (C=O) groups is 1. The van der Waals surface area contributed by atoms with Crippen molar-refractivity contribution in [2.24, 2.45) is 0 Å². The summed E-state index contributed by atoms with van der Waals surface area (Å²) in [6, 6.07) is 18.3. The van der Waals surface area contributed by atoms with Crippen LogP contribution in [0, 0.1) is 0 Å². The first-order valence-corrected chi connectivity index (χ1v) is 11.0. The molecule has 1 N–H and O–H groups in total. The van der Waals surface area contributed by atoms with Crippen LogP contribution in [-0.4, -0.2) is 39.5 Å². The molecule has 2 aliphatic rings. The highest BCUT2D eigenvalue weighted by Crippen LogP contribution is 2.36. The van der Waals surface area contributed by atoms with Gasteiger partial charge < -0.3 is 19.4 Å². The molecule has 6 nitrogen and oxygen atoms in total. The molecule has 5 rings (SSSR count). The van der Waals surface area contributed by atoms with E-state index < -0.39 is 6.10 Å². The molecule has 0 radical (unpaired) electrons. The molecular weight excluding hydrogens is 390 g/mol. The largest absolute Gasteiger partial charge is 0.485 e. The van der Waals surface area contributed by atoms with Crippen molar-refractivity contribution in [3.05, 3.63) is 78.4 Å². The van der Waals surface area contributed by atoms with Crippen LogP contribution >= 0.6 is 0 Å². The molecule has 1 fully saturated rings. The number of hydrogen-bond acceptors (Lipinski definition) is 4. The van der Waals surface area contributed by atoms with Crippen LogP contribution in [0.2, 0.25) is 0 Å². The van der Waals surface area contributed by atoms with Gasteiger partial charge in [-0.05, 0) is 49.3 Å². The number of benzene rings is 2. The molecule has 2 aromatic carbocycles. The highest BCUT2D eigenvalue weighted by Gasteiger charge is 2.36. The Balaban J connectivity index is 1.31. The normalized spacial score (nSPS) is 22.6. The number of nitrogens with one attached hydrogen (secondary N) is 1. The zero-order valence-corrected chi connectivity index (χ0v) is 17.4. The Hall–Kier alpha value is -3.28. The van der Waals surface area contributed by atoms with Crippen LogP contribution in [0.5, 0.6) is 11.5 Å². The minimum absolute atomic E-state index is 0.0333. The smallest absolute Gasteiger partial charge is 0.267 e. The average Bonchev–Trinajstić information content (AvgIpc) is 3.36. The van der Waals surface area contributed by atoms with Crippen LogP contribution in [0.15, 0.2) is 67.0 Å². The van der Waals surface area contributed by atoms with Crippen molar-refractivity contribution in [1.29, 1.82) is 0 Å². The third-order valence-corrected chi connectivity index (χ3v) is 6.35. The Bertz CT molecular complexity index is 998. The Morgan fingerprint density at radius 1 is 1.00 bits per heavy atom. The molecule has 0 saturated heterocycles. The number of rotatable bonds is 5. The van der Waals surface area contributed by atoms with Crippen molar-refractivity contribution in [2.45, 2.75) is 50.3 Å². The summed E-state index contributed by atoms with van der Waals surface area (Å²) < 4.78 is 11.8. The highest BCUT2D eigenvalue weighted by molar-refractivity contribution is 5.82. The van der Waals surface area contributed by atoms with Crippen LogP contribution < -0.4 is 9.47 Å². The lowest BCUT2D eigenvalue weighted by Crippen LogP contribution is -2.50. The summed E-state index contributed by atoms with van der Waals surface area (Å²) in [6.07, 6.45) is 6.95. The van der Waals surface area contributed by atoms with Gasteiger partial charge >= 0.3 is 0 Å². The molecule has 1 saturated carbocycles. The Morgan fingerprint density at radius 2 is 1.74 bits per heavy atom. The average molecular weight is 418 g/mol. The van der Waals surface area contributed by atoms with Gasteiger partial charge in [-0.25, -0.2) is 4.98 Å². The van der Waals surface area contributed by atoms with E-state index in [0.717, 1.165) is 31.5 Å². The second kappa shape index (κ2) is 8.84. The first-order valence-electron chi connectivity index (χ1n) is 11.0. The van der Waals surface area contributed by atoms with Crippen molar-refractivity contribution in [3.63, 3.8) is 0 Å². The van der Waals surface area contributed by atoms with Crippen molar-refractivity contribution in [3.8, 4) is 11.5 Å². The third kappa shape index (κ3) is 4.29. The number of fused-ring (bicyclic) bond motifs is 1. The number of para-hydroxylation sites is 2. The second-order valence-corrected chi connectivity index (χ2v) is 8.28. The van der Waals surface area contributed by atoms with Crippen molar-refractivity contribution >= 4 is 5.91 Å². The van der Waals surface area contributed by atoms with Crippen molar-refractivity contribution < 1.29 is 14.3 Å². The first-order chi connectivity index (χ1) is 15.3. The van der Waals surface area contributed by atoms with E-state index >= 15 is 0 Å². The molecule has 0 unspecified atom stereocenters. The number of imidazole rings is 1. The molecule has 2 heterocycles. The van der Waals surface area contributed by atoms with Gasteiger partial charge in [-0.15, -0.1) is 0 Å². The van der Waals surface area contributed by atoms with E-state index in [-0.39, 0.29) is 18.6 Å². The Kier molecular flexibility index (Phi) is 5.61. The first kappa shape index (κ1) is 19.7. The van der Waals surface area contributed by atoms with Gasteiger partial charge in [0.25, 0.3) is 5.91 Å². The number of nitrogens with zero attached hydrogens (tertiary/aromatic N) is 2. The summed E-state index contributed by atoms with van der Waals surface area (Å²) in [5.41, 5.74) is 1.39. The number of H-pyrrole nitrogens is 1. The summed E-state index contributed by atoms with van der Waals surface area (Å²) in [6.45, 7) is 0.678. The van der Waals surface area contributed by atoms with Gasteiger partial charge in [0.05, 0.1) is 6.54 Å². The molecule has 31 heavy (non-hydrogen) atoms. The summed E-state index contributed by atoms with van der Waals surface area (Å²) in [5, 5.41) is 0. The maximum Gasteiger partial charge on any atom is 0.267 e. The predicted molar refractivity (Wildman–Crippen MR) is 117 cm³/mol. The minimum atomic E-state index is -0.642. The predicted octanol–water partition coefficient (Wildman–Crippen LogP) is 4.30. The van der Waals surface area contributed by atoms with Crippen molar-refractivity contribution in [1.82, 2.24) is 14.9 Å². The molecule has 1 aliphatic carbocycles. The lowest BCUT2D eigenvalue weighted by molar-refractivity contribution is -0.145. The number of amides is 1. The monoisotopic (exact) mass is 417 g/mol. The molecule has 1 amide bonds. The van der Waals surface area contributed by atoms with Gasteiger partial charge in [0.15, 0.2) is 11.5 Å². The van der Waals surface area contributed by atoms with E-state index in [9.17, 15) is 4.79 Å². The Morgan fingerprint density at radius 3 is 2.48 bits per heavy atom. The molecule has 1 aromatic heterocycles. The lowest BCUT2D eigenvalue weighted by atomic mass is 9.81. The third-order valence-electron chi connectivity index (χ3n) is 6.35. The number of ether oxygens (including phenoxy) is 2. The van der Waals surface area contributed by atoms with E-state index in [0.29, 0.717) is 24.0 Å². The number of aromatic nitrogens is 2. The standard InChI is InChI=1S/C25H27N3O3/c29-25(23-17-30-21-8-4-5-9-22(21)31-23)28(16-24-26-14-15-27-24)20-12-10-19(11-13-20)18-6-2-1-3-7-18/h1-9,14-15,19-20,23H,10-13,16-17H2,(H,26,27)/t19?,20?,23-/m1/s1. The maximum atomic E-state index is 13.6.